The molecule has 0 N–H and O–H groups in total. The van der Waals surface area contributed by atoms with Crippen LogP contribution in [0.4, 0.5) is 0 Å². The molecule has 8 bridgehead atoms. The van der Waals surface area contributed by atoms with Gasteiger partial charge in [-0.1, -0.05) is 130 Å². The molecule has 0 saturated carbocycles. The van der Waals surface area contributed by atoms with Crippen molar-refractivity contribution in [3.63, 3.8) is 0 Å². The van der Waals surface area contributed by atoms with Crippen LogP contribution in [0.3, 0.4) is 0 Å². The van der Waals surface area contributed by atoms with Crippen LogP contribution in [-0.4, -0.2) is 77.1 Å². The molecule has 1 amide bonds. The second-order valence-electron chi connectivity index (χ2n) is 22.5. The van der Waals surface area contributed by atoms with E-state index in [9.17, 15) is 33.7 Å². The zero-order valence-electron chi connectivity index (χ0n) is 50.8. The van der Waals surface area contributed by atoms with Crippen molar-refractivity contribution < 1.29 is 55.2 Å². The predicted octanol–water partition coefficient (Wildman–Crippen LogP) is 13.9. The van der Waals surface area contributed by atoms with Crippen LogP contribution in [0.5, 0.6) is 23.0 Å². The van der Waals surface area contributed by atoms with Gasteiger partial charge in [-0.3, -0.25) is 14.2 Å². The van der Waals surface area contributed by atoms with Gasteiger partial charge in [0.25, 0.3) is 0 Å². The number of carbonyl (C=O) groups excluding carboxylic acids is 1. The molecule has 18 nitrogen and oxygen atoms in total. The van der Waals surface area contributed by atoms with Gasteiger partial charge < -0.3 is 21.6 Å². The number of hydrogen-bond donors (Lipinski definition) is 0. The van der Waals surface area contributed by atoms with Crippen molar-refractivity contribution >= 4 is 110 Å². The van der Waals surface area contributed by atoms with Crippen LogP contribution in [0.25, 0.3) is 0 Å². The third kappa shape index (κ3) is 15.9. The molecule has 1 aliphatic carbocycles. The van der Waals surface area contributed by atoms with Crippen LogP contribution in [0.1, 0.15) is 72.8 Å². The van der Waals surface area contributed by atoms with Gasteiger partial charge in [-0.15, -0.1) is 0 Å². The van der Waals surface area contributed by atoms with Gasteiger partial charge in [0.1, 0.15) is 42.6 Å². The monoisotopic (exact) mass is 1600 g/mol. The molecule has 8 aromatic carbocycles. The summed E-state index contributed by atoms with van der Waals surface area (Å²) in [5.74, 6) is -1.07. The molecule has 11 rings (SSSR count). The number of fused-ring (bicyclic) bond motifs is 8. The second-order valence-corrected chi connectivity index (χ2v) is 32.3. The number of aryl methyl sites for hydroxylation is 4. The molecule has 0 radical (unpaired) electrons. The molecule has 10 aromatic rings. The summed E-state index contributed by atoms with van der Waals surface area (Å²) in [6.07, 6.45) is -1.42. The Balaban J connectivity index is 1.15. The fourth-order valence-corrected chi connectivity index (χ4v) is 16.2. The van der Waals surface area contributed by atoms with Gasteiger partial charge in [0, 0.05) is 113 Å². The van der Waals surface area contributed by atoms with Crippen molar-refractivity contribution in [2.75, 3.05) is 13.1 Å². The van der Waals surface area contributed by atoms with Gasteiger partial charge in [0.2, 0.25) is 5.91 Å². The lowest BCUT2D eigenvalue weighted by molar-refractivity contribution is -0.130. The smallest absolute Gasteiger partial charge is 0.339 e. The quantitative estimate of drug-likeness (QED) is 0.0646. The normalized spacial score (nSPS) is 12.7. The van der Waals surface area contributed by atoms with E-state index in [0.717, 1.165) is 22.8 Å². The van der Waals surface area contributed by atoms with Crippen LogP contribution in [-0.2, 0) is 90.5 Å². The molecular formula is C68H59Br4N5O13S4. The molecule has 0 aliphatic heterocycles. The number of benzene rings is 8. The van der Waals surface area contributed by atoms with E-state index in [0.29, 0.717) is 36.5 Å². The highest BCUT2D eigenvalue weighted by Gasteiger charge is 2.31. The highest BCUT2D eigenvalue weighted by Crippen LogP contribution is 2.43. The summed E-state index contributed by atoms with van der Waals surface area (Å²) in [6, 6.07) is 45.1. The van der Waals surface area contributed by atoms with E-state index < -0.39 is 40.5 Å². The highest BCUT2D eigenvalue weighted by atomic mass is 79.9. The lowest BCUT2D eigenvalue weighted by Crippen LogP contribution is -2.38. The third-order valence-electron chi connectivity index (χ3n) is 15.6. The number of para-hydroxylation sites is 3. The van der Waals surface area contributed by atoms with E-state index >= 15 is 4.79 Å². The SMILES string of the molecule is Cc1cc(C)n(CCN(CCn2nc(C)cc2C)C(=O)Cc2cc3c(OS(=O)(=O)c4ccc(Br)cc4)c(c2)Cc2cccc(c2OS(=O)(=O)c2ccc(Br)cc2)Cc2cccc(c2OS(=O)(=O)c2ccc(Br)cc2)Cc2cccc(c2OS(=O)(=O)c2ccc(Br)cc2)C3)n1. The molecule has 0 fully saturated rings. The maximum atomic E-state index is 15.3. The summed E-state index contributed by atoms with van der Waals surface area (Å²) in [6.45, 7) is 8.82. The summed E-state index contributed by atoms with van der Waals surface area (Å²) in [4.78, 5) is 16.2. The second kappa shape index (κ2) is 28.1. The summed E-state index contributed by atoms with van der Waals surface area (Å²) in [7, 11) is -18.8. The van der Waals surface area contributed by atoms with Gasteiger partial charge >= 0.3 is 40.5 Å². The zero-order chi connectivity index (χ0) is 66.9. The summed E-state index contributed by atoms with van der Waals surface area (Å²) < 4.78 is 149. The number of amides is 1. The van der Waals surface area contributed by atoms with Gasteiger partial charge in [-0.05, 0) is 142 Å². The molecule has 94 heavy (non-hydrogen) atoms. The lowest BCUT2D eigenvalue weighted by atomic mass is 9.90. The molecular weight excluding hydrogens is 1540 g/mol. The molecule has 486 valence electrons. The Morgan fingerprint density at radius 3 is 0.904 bits per heavy atom. The Morgan fingerprint density at radius 1 is 0.394 bits per heavy atom. The average molecular weight is 1600 g/mol. The van der Waals surface area contributed by atoms with Crippen LogP contribution >= 0.6 is 63.7 Å². The summed E-state index contributed by atoms with van der Waals surface area (Å²) in [5.41, 5.74) is 5.37. The number of aromatic nitrogens is 4. The minimum absolute atomic E-state index is 0.140. The summed E-state index contributed by atoms with van der Waals surface area (Å²) >= 11 is 13.5. The van der Waals surface area contributed by atoms with E-state index in [1.165, 1.54) is 60.7 Å². The van der Waals surface area contributed by atoms with Crippen molar-refractivity contribution in [1.82, 2.24) is 24.5 Å². The van der Waals surface area contributed by atoms with Crippen LogP contribution in [0.15, 0.2) is 213 Å². The Bertz CT molecular complexity index is 4790. The third-order valence-corrected chi connectivity index (χ3v) is 22.7. The van der Waals surface area contributed by atoms with E-state index in [1.54, 1.807) is 108 Å². The van der Waals surface area contributed by atoms with Gasteiger partial charge in [0.15, 0.2) is 0 Å². The molecule has 0 saturated heterocycles. The van der Waals surface area contributed by atoms with E-state index in [1.807, 2.05) is 49.2 Å². The van der Waals surface area contributed by atoms with Crippen molar-refractivity contribution in [2.45, 2.75) is 92.5 Å². The first-order valence-electron chi connectivity index (χ1n) is 29.2. The molecule has 0 atom stereocenters. The summed E-state index contributed by atoms with van der Waals surface area (Å²) in [5, 5.41) is 9.33. The fraction of sp³-hybridized carbons (Fsp3) is 0.191. The van der Waals surface area contributed by atoms with Crippen molar-refractivity contribution in [1.29, 1.82) is 0 Å². The van der Waals surface area contributed by atoms with Crippen LogP contribution in [0, 0.1) is 27.7 Å². The Morgan fingerprint density at radius 2 is 0.649 bits per heavy atom. The average Bonchev–Trinajstić information content (AvgIpc) is 0.826. The number of rotatable bonds is 20. The van der Waals surface area contributed by atoms with Crippen molar-refractivity contribution in [2.24, 2.45) is 0 Å². The van der Waals surface area contributed by atoms with Crippen LogP contribution in [0.2, 0.25) is 0 Å². The number of carbonyl (C=O) groups is 1. The zero-order valence-corrected chi connectivity index (χ0v) is 60.4. The Labute approximate surface area is 579 Å². The van der Waals surface area contributed by atoms with Gasteiger partial charge in [-0.2, -0.15) is 43.9 Å². The van der Waals surface area contributed by atoms with E-state index in [2.05, 4.69) is 73.9 Å². The van der Waals surface area contributed by atoms with Crippen molar-refractivity contribution in [3.8, 4) is 23.0 Å². The molecule has 26 heteroatoms. The van der Waals surface area contributed by atoms with Crippen molar-refractivity contribution in [3.05, 3.63) is 267 Å². The number of halogens is 4. The van der Waals surface area contributed by atoms with Crippen LogP contribution < -0.4 is 16.7 Å². The topological polar surface area (TPSA) is 229 Å². The molecule has 1 aliphatic rings. The van der Waals surface area contributed by atoms with Gasteiger partial charge in [0.05, 0.1) is 30.9 Å². The fourth-order valence-electron chi connectivity index (χ4n) is 11.1. The Kier molecular flexibility index (Phi) is 20.3. The number of nitrogens with zero attached hydrogens (tertiary/aromatic N) is 5. The first kappa shape index (κ1) is 68.0. The maximum absolute atomic E-state index is 15.3. The molecule has 0 spiro atoms. The van der Waals surface area contributed by atoms with Gasteiger partial charge in [-0.25, -0.2) is 0 Å². The minimum atomic E-state index is -4.77. The predicted molar refractivity (Wildman–Crippen MR) is 369 cm³/mol. The standard InChI is InChI=1S/C68H59Br4N5O13S4/c1-43-34-45(3)76(73-43)32-30-75(31-33-77-46(4)35-44(2)74-77)64(78)38-47-36-54-41-52-12-6-10-50(66(52)88-92(81,82)61-24-16-57(70)17-25-61)39-48-8-5-9-49(65(48)87-91(79,80)60-22-14-56(69)15-23-60)40-51-11-7-13-53(67(51)89-93(83,84)62-26-18-58(71)19-27-62)42-55(37-47)68(54)90-94(85,86)63-28-20-59(72)21-29-63/h5-29,34-37H,30-33,38-42H2,1-4H3. The maximum Gasteiger partial charge on any atom is 0.339 e. The Hall–Kier alpha value is -7.43. The van der Waals surface area contributed by atoms with E-state index in [4.69, 9.17) is 16.7 Å². The highest BCUT2D eigenvalue weighted by molar-refractivity contribution is 9.11. The first-order chi connectivity index (χ1) is 44.7. The molecule has 0 unspecified atom stereocenters. The minimum Gasteiger partial charge on any atom is -0.378 e. The largest absolute Gasteiger partial charge is 0.378 e. The molecule has 2 heterocycles. The first-order valence-corrected chi connectivity index (χ1v) is 38.0. The number of hydrogen-bond acceptors (Lipinski definition) is 15. The van der Waals surface area contributed by atoms with E-state index in [-0.39, 0.29) is 138 Å². The molecule has 2 aromatic heterocycles. The lowest BCUT2D eigenvalue weighted by Gasteiger charge is -2.25.